The third-order valence-corrected chi connectivity index (χ3v) is 3.48. The van der Waals surface area contributed by atoms with E-state index in [0.717, 1.165) is 0 Å². The van der Waals surface area contributed by atoms with Crippen molar-refractivity contribution in [1.29, 1.82) is 5.26 Å². The number of ether oxygens (including phenoxy) is 1. The van der Waals surface area contributed by atoms with E-state index in [1.54, 1.807) is 36.4 Å². The normalized spacial score (nSPS) is 10.8. The lowest BCUT2D eigenvalue weighted by Crippen LogP contribution is -2.14. The molecular formula is C17H12BrFN2O2. The highest BCUT2D eigenvalue weighted by Crippen LogP contribution is 2.24. The molecule has 0 radical (unpaired) electrons. The zero-order valence-corrected chi connectivity index (χ0v) is 13.7. The number of hydrogen-bond acceptors (Lipinski definition) is 3. The molecule has 2 rings (SSSR count). The van der Waals surface area contributed by atoms with Gasteiger partial charge in [-0.2, -0.15) is 5.26 Å². The number of nitrogens with one attached hydrogen (secondary N) is 1. The first-order valence-electron chi connectivity index (χ1n) is 6.56. The molecule has 0 saturated heterocycles. The van der Waals surface area contributed by atoms with Crippen LogP contribution in [0, 0.1) is 17.1 Å². The van der Waals surface area contributed by atoms with Crippen LogP contribution in [0.3, 0.4) is 0 Å². The van der Waals surface area contributed by atoms with Gasteiger partial charge in [-0.25, -0.2) is 4.39 Å². The number of halogens is 2. The predicted octanol–water partition coefficient (Wildman–Crippen LogP) is 4.14. The average molecular weight is 375 g/mol. The maximum atomic E-state index is 13.8. The van der Waals surface area contributed by atoms with Gasteiger partial charge in [-0.3, -0.25) is 4.79 Å². The Kier molecular flexibility index (Phi) is 5.50. The van der Waals surface area contributed by atoms with E-state index in [-0.39, 0.29) is 11.1 Å². The minimum atomic E-state index is -0.640. The summed E-state index contributed by atoms with van der Waals surface area (Å²) in [6.45, 7) is 0. The van der Waals surface area contributed by atoms with Crippen LogP contribution >= 0.6 is 15.9 Å². The Morgan fingerprint density at radius 2 is 2.09 bits per heavy atom. The molecule has 23 heavy (non-hydrogen) atoms. The fourth-order valence-corrected chi connectivity index (χ4v) is 2.19. The molecule has 0 saturated carbocycles. The molecule has 0 aliphatic rings. The van der Waals surface area contributed by atoms with E-state index < -0.39 is 11.7 Å². The van der Waals surface area contributed by atoms with E-state index in [4.69, 9.17) is 10.00 Å². The standard InChI is InChI=1S/C17H12BrFN2O2/c1-23-16-5-3-2-4-15(16)21-17(22)12(10-20)8-11-6-7-13(18)9-14(11)19/h2-9H,1H3,(H,21,22)/b12-8+. The molecule has 0 heterocycles. The summed E-state index contributed by atoms with van der Waals surface area (Å²) < 4.78 is 19.5. The van der Waals surface area contributed by atoms with Crippen molar-refractivity contribution < 1.29 is 13.9 Å². The van der Waals surface area contributed by atoms with Gasteiger partial charge in [0.25, 0.3) is 5.91 Å². The lowest BCUT2D eigenvalue weighted by Gasteiger charge is -2.09. The number of carbonyl (C=O) groups excluding carboxylic acids is 1. The van der Waals surface area contributed by atoms with Gasteiger partial charge < -0.3 is 10.1 Å². The summed E-state index contributed by atoms with van der Waals surface area (Å²) in [4.78, 5) is 12.2. The van der Waals surface area contributed by atoms with Gasteiger partial charge in [0.05, 0.1) is 12.8 Å². The molecule has 0 aliphatic heterocycles. The highest BCUT2D eigenvalue weighted by molar-refractivity contribution is 9.10. The smallest absolute Gasteiger partial charge is 0.266 e. The second kappa shape index (κ2) is 7.56. The Morgan fingerprint density at radius 3 is 2.74 bits per heavy atom. The number of nitriles is 1. The number of anilines is 1. The first-order valence-corrected chi connectivity index (χ1v) is 7.35. The Labute approximate surface area is 141 Å². The van der Waals surface area contributed by atoms with Crippen molar-refractivity contribution in [2.45, 2.75) is 0 Å². The van der Waals surface area contributed by atoms with Crippen LogP contribution in [0.1, 0.15) is 5.56 Å². The van der Waals surface area contributed by atoms with Gasteiger partial charge in [-0.05, 0) is 30.3 Å². The van der Waals surface area contributed by atoms with Crippen molar-refractivity contribution in [2.24, 2.45) is 0 Å². The van der Waals surface area contributed by atoms with Crippen molar-refractivity contribution in [3.05, 3.63) is 63.9 Å². The number of carbonyl (C=O) groups is 1. The van der Waals surface area contributed by atoms with E-state index in [9.17, 15) is 9.18 Å². The largest absolute Gasteiger partial charge is 0.495 e. The van der Waals surface area contributed by atoms with E-state index in [1.165, 1.54) is 25.3 Å². The summed E-state index contributed by atoms with van der Waals surface area (Å²) >= 11 is 3.15. The highest BCUT2D eigenvalue weighted by atomic mass is 79.9. The molecule has 1 amide bonds. The molecule has 2 aromatic carbocycles. The van der Waals surface area contributed by atoms with Crippen LogP contribution in [0.4, 0.5) is 10.1 Å². The first-order chi connectivity index (χ1) is 11.0. The molecule has 0 fully saturated rings. The van der Waals surface area contributed by atoms with Crippen LogP contribution < -0.4 is 10.1 Å². The third kappa shape index (κ3) is 4.18. The summed E-state index contributed by atoms with van der Waals surface area (Å²) in [5.74, 6) is -0.704. The minimum absolute atomic E-state index is 0.153. The Hall–Kier alpha value is -2.65. The van der Waals surface area contributed by atoms with Crippen LogP contribution in [-0.4, -0.2) is 13.0 Å². The summed E-state index contributed by atoms with van der Waals surface area (Å²) in [7, 11) is 1.48. The van der Waals surface area contributed by atoms with Crippen molar-refractivity contribution in [1.82, 2.24) is 0 Å². The van der Waals surface area contributed by atoms with Crippen LogP contribution in [0.25, 0.3) is 6.08 Å². The van der Waals surface area contributed by atoms with Crippen molar-refractivity contribution in [2.75, 3.05) is 12.4 Å². The minimum Gasteiger partial charge on any atom is -0.495 e. The van der Waals surface area contributed by atoms with Gasteiger partial charge >= 0.3 is 0 Å². The van der Waals surface area contributed by atoms with E-state index in [0.29, 0.717) is 15.9 Å². The Balaban J connectivity index is 2.28. The maximum absolute atomic E-state index is 13.8. The van der Waals surface area contributed by atoms with Gasteiger partial charge in [0.2, 0.25) is 0 Å². The average Bonchev–Trinajstić information content (AvgIpc) is 2.54. The molecule has 0 atom stereocenters. The monoisotopic (exact) mass is 374 g/mol. The maximum Gasteiger partial charge on any atom is 0.266 e. The van der Waals surface area contributed by atoms with Crippen LogP contribution in [0.5, 0.6) is 5.75 Å². The molecule has 0 spiro atoms. The van der Waals surface area contributed by atoms with Crippen molar-refractivity contribution >= 4 is 33.6 Å². The molecule has 6 heteroatoms. The zero-order valence-electron chi connectivity index (χ0n) is 12.1. The number of hydrogen-bond donors (Lipinski definition) is 1. The fraction of sp³-hybridized carbons (Fsp3) is 0.0588. The van der Waals surface area contributed by atoms with Gasteiger partial charge in [0, 0.05) is 10.0 Å². The first kappa shape index (κ1) is 16.7. The summed E-state index contributed by atoms with van der Waals surface area (Å²) in [6.07, 6.45) is 1.20. The van der Waals surface area contributed by atoms with Gasteiger partial charge in [0.1, 0.15) is 23.2 Å². The quantitative estimate of drug-likeness (QED) is 0.645. The Morgan fingerprint density at radius 1 is 1.35 bits per heavy atom. The molecular weight excluding hydrogens is 363 g/mol. The van der Waals surface area contributed by atoms with E-state index >= 15 is 0 Å². The van der Waals surface area contributed by atoms with Crippen LogP contribution in [0.2, 0.25) is 0 Å². The topological polar surface area (TPSA) is 62.1 Å². The molecule has 116 valence electrons. The van der Waals surface area contributed by atoms with E-state index in [2.05, 4.69) is 21.2 Å². The zero-order chi connectivity index (χ0) is 16.8. The molecule has 2 aromatic rings. The second-order valence-corrected chi connectivity index (χ2v) is 5.41. The molecule has 0 aliphatic carbocycles. The number of nitrogens with zero attached hydrogens (tertiary/aromatic N) is 1. The molecule has 0 aromatic heterocycles. The highest BCUT2D eigenvalue weighted by Gasteiger charge is 2.13. The summed E-state index contributed by atoms with van der Waals surface area (Å²) in [5, 5.41) is 11.7. The SMILES string of the molecule is COc1ccccc1NC(=O)/C(C#N)=C/c1ccc(Br)cc1F. The van der Waals surface area contributed by atoms with Crippen LogP contribution in [0.15, 0.2) is 52.5 Å². The van der Waals surface area contributed by atoms with Crippen LogP contribution in [-0.2, 0) is 4.79 Å². The number of methoxy groups -OCH3 is 1. The second-order valence-electron chi connectivity index (χ2n) is 4.49. The number of amides is 1. The van der Waals surface area contributed by atoms with Gasteiger partial charge in [-0.15, -0.1) is 0 Å². The van der Waals surface area contributed by atoms with E-state index in [1.807, 2.05) is 0 Å². The number of rotatable bonds is 4. The lowest BCUT2D eigenvalue weighted by molar-refractivity contribution is -0.112. The molecule has 1 N–H and O–H groups in total. The lowest BCUT2D eigenvalue weighted by atomic mass is 10.1. The van der Waals surface area contributed by atoms with Crippen molar-refractivity contribution in [3.63, 3.8) is 0 Å². The Bertz CT molecular complexity index is 812. The molecule has 4 nitrogen and oxygen atoms in total. The third-order valence-electron chi connectivity index (χ3n) is 2.98. The van der Waals surface area contributed by atoms with Gasteiger partial charge in [-0.1, -0.05) is 34.1 Å². The van der Waals surface area contributed by atoms with Gasteiger partial charge in [0.15, 0.2) is 0 Å². The molecule has 0 bridgehead atoms. The predicted molar refractivity (Wildman–Crippen MR) is 89.3 cm³/mol. The fourth-order valence-electron chi connectivity index (χ4n) is 1.86. The van der Waals surface area contributed by atoms with Crippen molar-refractivity contribution in [3.8, 4) is 11.8 Å². The number of benzene rings is 2. The summed E-state index contributed by atoms with van der Waals surface area (Å²) in [6, 6.07) is 13.0. The summed E-state index contributed by atoms with van der Waals surface area (Å²) in [5.41, 5.74) is 0.370. The number of para-hydroxylation sites is 2. The molecule has 0 unspecified atom stereocenters.